The normalized spacial score (nSPS) is 13.6. The summed E-state index contributed by atoms with van der Waals surface area (Å²) >= 11 is 3.56. The molecular weight excluding hydrogens is 300 g/mol. The van der Waals surface area contributed by atoms with E-state index in [0.29, 0.717) is 5.92 Å². The van der Waals surface area contributed by atoms with E-state index in [1.807, 2.05) is 0 Å². The second kappa shape index (κ2) is 7.41. The van der Waals surface area contributed by atoms with Crippen LogP contribution in [0.1, 0.15) is 38.3 Å². The van der Waals surface area contributed by atoms with Crippen molar-refractivity contribution in [2.24, 2.45) is 11.7 Å². The summed E-state index contributed by atoms with van der Waals surface area (Å²) in [6, 6.07) is 6.52. The van der Waals surface area contributed by atoms with E-state index in [-0.39, 0.29) is 5.41 Å². The van der Waals surface area contributed by atoms with Gasteiger partial charge in [-0.05, 0) is 55.6 Å². The van der Waals surface area contributed by atoms with Crippen LogP contribution in [0.3, 0.4) is 0 Å². The number of halogens is 1. The molecule has 1 atom stereocenters. The average molecular weight is 327 g/mol. The van der Waals surface area contributed by atoms with Crippen molar-refractivity contribution in [1.82, 2.24) is 5.32 Å². The Balaban J connectivity index is 2.58. The maximum absolute atomic E-state index is 5.63. The number of benzene rings is 1. The fourth-order valence-electron chi connectivity index (χ4n) is 2.29. The van der Waals surface area contributed by atoms with E-state index in [1.54, 1.807) is 0 Å². The number of hydrogen-bond donors (Lipinski definition) is 2. The molecule has 0 aliphatic rings. The molecule has 0 saturated carbocycles. The van der Waals surface area contributed by atoms with Crippen LogP contribution in [-0.4, -0.2) is 19.6 Å². The van der Waals surface area contributed by atoms with Crippen molar-refractivity contribution in [3.8, 4) is 0 Å². The summed E-state index contributed by atoms with van der Waals surface area (Å²) in [5.41, 5.74) is 8.53. The van der Waals surface area contributed by atoms with E-state index in [1.165, 1.54) is 11.1 Å². The van der Waals surface area contributed by atoms with E-state index in [4.69, 9.17) is 5.73 Å². The molecule has 0 aliphatic carbocycles. The summed E-state index contributed by atoms with van der Waals surface area (Å²) in [7, 11) is 0. The molecule has 1 aromatic rings. The van der Waals surface area contributed by atoms with Gasteiger partial charge in [-0.2, -0.15) is 0 Å². The molecule has 0 aliphatic heterocycles. The highest BCUT2D eigenvalue weighted by Gasteiger charge is 2.22. The van der Waals surface area contributed by atoms with E-state index < -0.39 is 0 Å². The number of aryl methyl sites for hydroxylation is 1. The van der Waals surface area contributed by atoms with Crippen LogP contribution in [0.2, 0.25) is 0 Å². The van der Waals surface area contributed by atoms with Crippen LogP contribution < -0.4 is 11.1 Å². The van der Waals surface area contributed by atoms with Gasteiger partial charge in [0.25, 0.3) is 0 Å². The highest BCUT2D eigenvalue weighted by atomic mass is 79.9. The van der Waals surface area contributed by atoms with Crippen molar-refractivity contribution in [2.45, 2.75) is 39.5 Å². The minimum absolute atomic E-state index is 0.139. The minimum Gasteiger partial charge on any atom is -0.330 e. The fourth-order valence-corrected chi connectivity index (χ4v) is 2.65. The monoisotopic (exact) mass is 326 g/mol. The summed E-state index contributed by atoms with van der Waals surface area (Å²) in [5.74, 6) is 0.600. The quantitative estimate of drug-likeness (QED) is 0.751. The van der Waals surface area contributed by atoms with E-state index >= 15 is 0 Å². The molecule has 108 valence electrons. The molecule has 0 radical (unpaired) electrons. The molecule has 0 saturated heterocycles. The summed E-state index contributed by atoms with van der Waals surface area (Å²) in [6.45, 7) is 11.8. The van der Waals surface area contributed by atoms with Crippen LogP contribution >= 0.6 is 15.9 Å². The zero-order valence-corrected chi connectivity index (χ0v) is 14.2. The maximum atomic E-state index is 5.63. The van der Waals surface area contributed by atoms with Crippen LogP contribution in [-0.2, 0) is 5.41 Å². The van der Waals surface area contributed by atoms with Gasteiger partial charge in [-0.3, -0.25) is 0 Å². The Morgan fingerprint density at radius 1 is 1.37 bits per heavy atom. The molecular formula is C16H27BrN2. The molecule has 0 fully saturated rings. The van der Waals surface area contributed by atoms with Gasteiger partial charge >= 0.3 is 0 Å². The van der Waals surface area contributed by atoms with Gasteiger partial charge in [0.1, 0.15) is 0 Å². The second-order valence-electron chi connectivity index (χ2n) is 6.15. The minimum atomic E-state index is 0.139. The first kappa shape index (κ1) is 16.7. The molecule has 0 bridgehead atoms. The summed E-state index contributed by atoms with van der Waals surface area (Å²) < 4.78 is 1.15. The summed E-state index contributed by atoms with van der Waals surface area (Å²) in [4.78, 5) is 0. The van der Waals surface area contributed by atoms with Gasteiger partial charge < -0.3 is 11.1 Å². The Kier molecular flexibility index (Phi) is 6.51. The SMILES string of the molecule is Cc1ccc(Br)cc1C(C)(C)CNCCC(C)CN. The van der Waals surface area contributed by atoms with E-state index in [2.05, 4.69) is 67.1 Å². The van der Waals surface area contributed by atoms with Crippen molar-refractivity contribution in [3.63, 3.8) is 0 Å². The number of nitrogens with one attached hydrogen (secondary N) is 1. The average Bonchev–Trinajstić information content (AvgIpc) is 2.37. The lowest BCUT2D eigenvalue weighted by molar-refractivity contribution is 0.439. The highest BCUT2D eigenvalue weighted by molar-refractivity contribution is 9.10. The zero-order chi connectivity index (χ0) is 14.5. The van der Waals surface area contributed by atoms with Gasteiger partial charge in [-0.1, -0.05) is 42.8 Å². The molecule has 2 nitrogen and oxygen atoms in total. The lowest BCUT2D eigenvalue weighted by Gasteiger charge is -2.28. The van der Waals surface area contributed by atoms with Gasteiger partial charge in [-0.15, -0.1) is 0 Å². The van der Waals surface area contributed by atoms with Gasteiger partial charge in [0.15, 0.2) is 0 Å². The van der Waals surface area contributed by atoms with Crippen molar-refractivity contribution in [1.29, 1.82) is 0 Å². The van der Waals surface area contributed by atoms with Crippen LogP contribution in [0.5, 0.6) is 0 Å². The summed E-state index contributed by atoms with van der Waals surface area (Å²) in [6.07, 6.45) is 1.14. The van der Waals surface area contributed by atoms with Crippen molar-refractivity contribution < 1.29 is 0 Å². The Morgan fingerprint density at radius 3 is 2.68 bits per heavy atom. The standard InChI is InChI=1S/C16H27BrN2/c1-12(10-18)7-8-19-11-16(3,4)15-9-14(17)6-5-13(15)2/h5-6,9,12,19H,7-8,10-11,18H2,1-4H3. The molecule has 0 amide bonds. The van der Waals surface area contributed by atoms with Crippen molar-refractivity contribution in [2.75, 3.05) is 19.6 Å². The molecule has 0 spiro atoms. The second-order valence-corrected chi connectivity index (χ2v) is 7.07. The molecule has 0 heterocycles. The predicted octanol–water partition coefficient (Wildman–Crippen LogP) is 3.61. The first-order valence-corrected chi connectivity index (χ1v) is 7.83. The molecule has 3 heteroatoms. The number of rotatable bonds is 7. The Labute approximate surface area is 126 Å². The molecule has 1 rings (SSSR count). The van der Waals surface area contributed by atoms with E-state index in [0.717, 1.165) is 30.5 Å². The largest absolute Gasteiger partial charge is 0.330 e. The Bertz CT molecular complexity index is 402. The maximum Gasteiger partial charge on any atom is 0.0178 e. The van der Waals surface area contributed by atoms with Crippen molar-refractivity contribution >= 4 is 15.9 Å². The fraction of sp³-hybridized carbons (Fsp3) is 0.625. The number of hydrogen-bond acceptors (Lipinski definition) is 2. The first-order chi connectivity index (χ1) is 8.86. The predicted molar refractivity (Wildman–Crippen MR) is 87.6 cm³/mol. The van der Waals surface area contributed by atoms with Crippen LogP contribution in [0.4, 0.5) is 0 Å². The Hall–Kier alpha value is -0.380. The lowest BCUT2D eigenvalue weighted by Crippen LogP contribution is -2.34. The van der Waals surface area contributed by atoms with Gasteiger partial charge in [0.05, 0.1) is 0 Å². The molecule has 1 aromatic carbocycles. The van der Waals surface area contributed by atoms with Crippen LogP contribution in [0.15, 0.2) is 22.7 Å². The third kappa shape index (κ3) is 5.25. The van der Waals surface area contributed by atoms with Crippen LogP contribution in [0, 0.1) is 12.8 Å². The smallest absolute Gasteiger partial charge is 0.0178 e. The Morgan fingerprint density at radius 2 is 2.05 bits per heavy atom. The van der Waals surface area contributed by atoms with Gasteiger partial charge in [0.2, 0.25) is 0 Å². The van der Waals surface area contributed by atoms with Crippen molar-refractivity contribution in [3.05, 3.63) is 33.8 Å². The van der Waals surface area contributed by atoms with Crippen LogP contribution in [0.25, 0.3) is 0 Å². The summed E-state index contributed by atoms with van der Waals surface area (Å²) in [5, 5.41) is 3.57. The molecule has 19 heavy (non-hydrogen) atoms. The topological polar surface area (TPSA) is 38.0 Å². The molecule has 0 aromatic heterocycles. The highest BCUT2D eigenvalue weighted by Crippen LogP contribution is 2.28. The van der Waals surface area contributed by atoms with Gasteiger partial charge in [-0.25, -0.2) is 0 Å². The molecule has 3 N–H and O–H groups in total. The third-order valence-corrected chi connectivity index (χ3v) is 4.21. The lowest BCUT2D eigenvalue weighted by atomic mass is 9.82. The molecule has 1 unspecified atom stereocenters. The zero-order valence-electron chi connectivity index (χ0n) is 12.6. The van der Waals surface area contributed by atoms with Gasteiger partial charge in [0, 0.05) is 16.4 Å². The third-order valence-electron chi connectivity index (χ3n) is 3.71. The number of nitrogens with two attached hydrogens (primary N) is 1. The van der Waals surface area contributed by atoms with E-state index in [9.17, 15) is 0 Å². The first-order valence-electron chi connectivity index (χ1n) is 7.04.